The van der Waals surface area contributed by atoms with E-state index in [4.69, 9.17) is 4.74 Å². The van der Waals surface area contributed by atoms with Crippen LogP contribution in [0.2, 0.25) is 0 Å². The number of imidazole rings is 1. The Morgan fingerprint density at radius 1 is 1.54 bits per heavy atom. The number of alkyl halides is 3. The molecule has 1 aromatic rings. The van der Waals surface area contributed by atoms with E-state index in [1.54, 1.807) is 0 Å². The molecule has 0 spiro atoms. The lowest BCUT2D eigenvalue weighted by atomic mass is 10.2. The molecule has 1 unspecified atom stereocenters. The number of hydrogen-bond acceptors (Lipinski definition) is 5. The first-order valence-corrected chi connectivity index (χ1v) is 7.85. The third-order valence-corrected chi connectivity index (χ3v) is 3.86. The lowest BCUT2D eigenvalue weighted by molar-refractivity contribution is -0.141. The maximum absolute atomic E-state index is 12.6. The molecule has 2 rings (SSSR count). The molecular formula is C15H22F3N3O3. The minimum atomic E-state index is -4.30. The van der Waals surface area contributed by atoms with E-state index in [1.807, 2.05) is 4.90 Å². The summed E-state index contributed by atoms with van der Waals surface area (Å²) in [6.07, 6.45) is 0.446. The standard InChI is InChI=1S/C15H22F3N3O3/c1-23-14(22)4-6-20(9-12-3-2-8-24-12)10-13-19-5-7-21(13)11-15(16,17)18/h5,7,12H,2-4,6,8-11H2,1H3. The van der Waals surface area contributed by atoms with E-state index in [1.165, 1.54) is 19.5 Å². The molecule has 1 atom stereocenters. The summed E-state index contributed by atoms with van der Waals surface area (Å²) in [5, 5.41) is 0. The predicted octanol–water partition coefficient (Wildman–Crippen LogP) is 1.99. The average molecular weight is 349 g/mol. The molecule has 136 valence electrons. The van der Waals surface area contributed by atoms with Gasteiger partial charge in [0.25, 0.3) is 0 Å². The summed E-state index contributed by atoms with van der Waals surface area (Å²) in [5.74, 6) is -0.0406. The Kier molecular flexibility index (Phi) is 6.61. The zero-order valence-electron chi connectivity index (χ0n) is 13.6. The van der Waals surface area contributed by atoms with Crippen molar-refractivity contribution in [2.24, 2.45) is 0 Å². The molecule has 1 aliphatic rings. The number of halogens is 3. The van der Waals surface area contributed by atoms with Gasteiger partial charge in [0.2, 0.25) is 0 Å². The monoisotopic (exact) mass is 349 g/mol. The van der Waals surface area contributed by atoms with Crippen molar-refractivity contribution in [3.05, 3.63) is 18.2 Å². The summed E-state index contributed by atoms with van der Waals surface area (Å²) < 4.78 is 49.2. The van der Waals surface area contributed by atoms with Crippen molar-refractivity contribution in [1.29, 1.82) is 0 Å². The maximum Gasteiger partial charge on any atom is 0.406 e. The highest BCUT2D eigenvalue weighted by Gasteiger charge is 2.29. The molecule has 0 amide bonds. The largest absolute Gasteiger partial charge is 0.469 e. The highest BCUT2D eigenvalue weighted by molar-refractivity contribution is 5.69. The summed E-state index contributed by atoms with van der Waals surface area (Å²) >= 11 is 0. The highest BCUT2D eigenvalue weighted by Crippen LogP contribution is 2.20. The Hall–Kier alpha value is -1.61. The summed E-state index contributed by atoms with van der Waals surface area (Å²) in [6.45, 7) is 0.770. The van der Waals surface area contributed by atoms with Crippen LogP contribution >= 0.6 is 0 Å². The zero-order chi connectivity index (χ0) is 17.6. The molecule has 0 radical (unpaired) electrons. The average Bonchev–Trinajstić information content (AvgIpc) is 3.15. The topological polar surface area (TPSA) is 56.6 Å². The Bertz CT molecular complexity index is 528. The number of aromatic nitrogens is 2. The molecular weight excluding hydrogens is 327 g/mol. The van der Waals surface area contributed by atoms with E-state index in [0.29, 0.717) is 25.5 Å². The van der Waals surface area contributed by atoms with Gasteiger partial charge in [0, 0.05) is 32.1 Å². The molecule has 0 aliphatic carbocycles. The second-order valence-electron chi connectivity index (χ2n) is 5.78. The lowest BCUT2D eigenvalue weighted by Gasteiger charge is -2.25. The number of hydrogen-bond donors (Lipinski definition) is 0. The third-order valence-electron chi connectivity index (χ3n) is 3.86. The molecule has 0 aromatic carbocycles. The van der Waals surface area contributed by atoms with Gasteiger partial charge in [-0.25, -0.2) is 4.98 Å². The molecule has 0 bridgehead atoms. The van der Waals surface area contributed by atoms with Gasteiger partial charge in [-0.15, -0.1) is 0 Å². The van der Waals surface area contributed by atoms with Crippen LogP contribution < -0.4 is 0 Å². The van der Waals surface area contributed by atoms with Gasteiger partial charge in [0.15, 0.2) is 0 Å². The van der Waals surface area contributed by atoms with Crippen molar-refractivity contribution in [2.75, 3.05) is 26.8 Å². The normalized spacial score (nSPS) is 18.3. The number of ether oxygens (including phenoxy) is 2. The minimum Gasteiger partial charge on any atom is -0.469 e. The van der Waals surface area contributed by atoms with E-state index in [-0.39, 0.29) is 25.0 Å². The number of rotatable bonds is 8. The van der Waals surface area contributed by atoms with Crippen LogP contribution in [0.15, 0.2) is 12.4 Å². The van der Waals surface area contributed by atoms with Crippen LogP contribution in [-0.4, -0.2) is 59.5 Å². The van der Waals surface area contributed by atoms with Gasteiger partial charge in [-0.05, 0) is 12.8 Å². The van der Waals surface area contributed by atoms with Gasteiger partial charge in [-0.1, -0.05) is 0 Å². The number of carbonyl (C=O) groups is 1. The van der Waals surface area contributed by atoms with Gasteiger partial charge in [-0.3, -0.25) is 9.69 Å². The number of esters is 1. The van der Waals surface area contributed by atoms with E-state index in [0.717, 1.165) is 17.4 Å². The van der Waals surface area contributed by atoms with Crippen molar-refractivity contribution in [1.82, 2.24) is 14.5 Å². The van der Waals surface area contributed by atoms with E-state index in [9.17, 15) is 18.0 Å². The molecule has 6 nitrogen and oxygen atoms in total. The van der Waals surface area contributed by atoms with Gasteiger partial charge in [-0.2, -0.15) is 13.2 Å². The Morgan fingerprint density at radius 3 is 2.96 bits per heavy atom. The number of nitrogens with zero attached hydrogens (tertiary/aromatic N) is 3. The van der Waals surface area contributed by atoms with Crippen molar-refractivity contribution in [2.45, 2.75) is 44.6 Å². The van der Waals surface area contributed by atoms with Crippen molar-refractivity contribution < 1.29 is 27.4 Å². The van der Waals surface area contributed by atoms with Gasteiger partial charge >= 0.3 is 12.1 Å². The smallest absolute Gasteiger partial charge is 0.406 e. The van der Waals surface area contributed by atoms with Crippen LogP contribution in [0.1, 0.15) is 25.1 Å². The second-order valence-corrected chi connectivity index (χ2v) is 5.78. The van der Waals surface area contributed by atoms with Gasteiger partial charge in [0.1, 0.15) is 12.4 Å². The number of methoxy groups -OCH3 is 1. The first-order valence-electron chi connectivity index (χ1n) is 7.85. The molecule has 24 heavy (non-hydrogen) atoms. The predicted molar refractivity (Wildman–Crippen MR) is 79.2 cm³/mol. The van der Waals surface area contributed by atoms with E-state index >= 15 is 0 Å². The Labute approximate surface area is 138 Å². The van der Waals surface area contributed by atoms with Crippen molar-refractivity contribution in [3.8, 4) is 0 Å². The molecule has 1 saturated heterocycles. The molecule has 0 saturated carbocycles. The number of carbonyl (C=O) groups excluding carboxylic acids is 1. The van der Waals surface area contributed by atoms with Crippen LogP contribution in [0, 0.1) is 0 Å². The van der Waals surface area contributed by atoms with Crippen molar-refractivity contribution >= 4 is 5.97 Å². The maximum atomic E-state index is 12.6. The summed E-state index contributed by atoms with van der Waals surface area (Å²) in [6, 6.07) is 0. The Morgan fingerprint density at radius 2 is 2.33 bits per heavy atom. The second kappa shape index (κ2) is 8.48. The quantitative estimate of drug-likeness (QED) is 0.672. The van der Waals surface area contributed by atoms with E-state index < -0.39 is 12.7 Å². The summed E-state index contributed by atoms with van der Waals surface area (Å²) in [4.78, 5) is 17.3. The summed E-state index contributed by atoms with van der Waals surface area (Å²) in [5.41, 5.74) is 0. The third kappa shape index (κ3) is 6.12. The fourth-order valence-corrected chi connectivity index (χ4v) is 2.69. The van der Waals surface area contributed by atoms with Crippen molar-refractivity contribution in [3.63, 3.8) is 0 Å². The fraction of sp³-hybridized carbons (Fsp3) is 0.733. The SMILES string of the molecule is COC(=O)CCN(Cc1nccn1CC(F)(F)F)CC1CCCO1. The first kappa shape index (κ1) is 18.7. The lowest BCUT2D eigenvalue weighted by Crippen LogP contribution is -2.35. The first-order chi connectivity index (χ1) is 11.4. The molecule has 1 aliphatic heterocycles. The molecule has 1 fully saturated rings. The fourth-order valence-electron chi connectivity index (χ4n) is 2.69. The molecule has 0 N–H and O–H groups in total. The summed E-state index contributed by atoms with van der Waals surface area (Å²) in [7, 11) is 1.31. The Balaban J connectivity index is 2.00. The van der Waals surface area contributed by atoms with Crippen LogP contribution in [0.3, 0.4) is 0 Å². The van der Waals surface area contributed by atoms with Crippen LogP contribution in [0.25, 0.3) is 0 Å². The van der Waals surface area contributed by atoms with Gasteiger partial charge in [0.05, 0.1) is 26.2 Å². The zero-order valence-corrected chi connectivity index (χ0v) is 13.6. The van der Waals surface area contributed by atoms with Crippen LogP contribution in [0.5, 0.6) is 0 Å². The van der Waals surface area contributed by atoms with Crippen LogP contribution in [-0.2, 0) is 27.4 Å². The van der Waals surface area contributed by atoms with E-state index in [2.05, 4.69) is 9.72 Å². The molecule has 2 heterocycles. The van der Waals surface area contributed by atoms with Gasteiger partial charge < -0.3 is 14.0 Å². The molecule has 9 heteroatoms. The molecule has 1 aromatic heterocycles. The highest BCUT2D eigenvalue weighted by atomic mass is 19.4. The van der Waals surface area contributed by atoms with Crippen LogP contribution in [0.4, 0.5) is 13.2 Å². The minimum absolute atomic E-state index is 0.0358.